The fourth-order valence-electron chi connectivity index (χ4n) is 1.30. The lowest BCUT2D eigenvalue weighted by Gasteiger charge is -2.09. The molecule has 0 spiro atoms. The zero-order valence-corrected chi connectivity index (χ0v) is 9.46. The second-order valence-electron chi connectivity index (χ2n) is 3.16. The Hall–Kier alpha value is -1.12. The molecule has 0 atom stereocenters. The van der Waals surface area contributed by atoms with Crippen molar-refractivity contribution >= 4 is 23.2 Å². The maximum absolute atomic E-state index is 6.03. The monoisotopic (exact) mass is 240 g/mol. The van der Waals surface area contributed by atoms with Crippen molar-refractivity contribution < 1.29 is 0 Å². The standard InChI is InChI=1S/C11H10Cl2N2/c12-10-3-4-11(13)9(7-10)8-14-15-5-1-2-6-15/h1-7,14H,8H2. The van der Waals surface area contributed by atoms with Gasteiger partial charge in [0.25, 0.3) is 0 Å². The number of nitrogens with one attached hydrogen (secondary N) is 1. The molecule has 0 aliphatic heterocycles. The van der Waals surface area contributed by atoms with E-state index in [0.29, 0.717) is 11.6 Å². The summed E-state index contributed by atoms with van der Waals surface area (Å²) in [4.78, 5) is 0. The molecule has 2 nitrogen and oxygen atoms in total. The molecule has 1 aromatic carbocycles. The van der Waals surface area contributed by atoms with Gasteiger partial charge in [-0.25, -0.2) is 0 Å². The van der Waals surface area contributed by atoms with Crippen LogP contribution in [0.5, 0.6) is 0 Å². The predicted molar refractivity (Wildman–Crippen MR) is 64.0 cm³/mol. The number of hydrogen-bond donors (Lipinski definition) is 1. The van der Waals surface area contributed by atoms with E-state index in [0.717, 1.165) is 10.6 Å². The van der Waals surface area contributed by atoms with Gasteiger partial charge in [0.15, 0.2) is 0 Å². The number of benzene rings is 1. The summed E-state index contributed by atoms with van der Waals surface area (Å²) >= 11 is 11.9. The molecule has 1 N–H and O–H groups in total. The molecule has 15 heavy (non-hydrogen) atoms. The highest BCUT2D eigenvalue weighted by molar-refractivity contribution is 6.33. The normalized spacial score (nSPS) is 10.3. The Labute approximate surface area is 98.4 Å². The van der Waals surface area contributed by atoms with Crippen LogP contribution >= 0.6 is 23.2 Å². The summed E-state index contributed by atoms with van der Waals surface area (Å²) in [5.74, 6) is 0. The first kappa shape index (κ1) is 10.4. The minimum Gasteiger partial charge on any atom is -0.322 e. The fourth-order valence-corrected chi connectivity index (χ4v) is 1.67. The summed E-state index contributed by atoms with van der Waals surface area (Å²) < 4.78 is 1.87. The van der Waals surface area contributed by atoms with Gasteiger partial charge in [-0.05, 0) is 35.9 Å². The number of rotatable bonds is 3. The SMILES string of the molecule is Clc1ccc(Cl)c(CNn2cccc2)c1. The molecule has 0 amide bonds. The lowest BCUT2D eigenvalue weighted by Crippen LogP contribution is -2.11. The van der Waals surface area contributed by atoms with Crippen LogP contribution in [0.2, 0.25) is 10.0 Å². The van der Waals surface area contributed by atoms with Gasteiger partial charge in [0, 0.05) is 22.4 Å². The Bertz CT molecular complexity index is 438. The third-order valence-electron chi connectivity index (χ3n) is 2.06. The number of hydrogen-bond acceptors (Lipinski definition) is 1. The molecule has 0 fully saturated rings. The molecule has 1 aromatic heterocycles. The number of aromatic nitrogens is 1. The Kier molecular flexibility index (Phi) is 3.19. The van der Waals surface area contributed by atoms with Crippen molar-refractivity contribution in [2.24, 2.45) is 0 Å². The Morgan fingerprint density at radius 3 is 2.60 bits per heavy atom. The van der Waals surface area contributed by atoms with Gasteiger partial charge in [-0.2, -0.15) is 0 Å². The van der Waals surface area contributed by atoms with E-state index < -0.39 is 0 Å². The van der Waals surface area contributed by atoms with E-state index in [4.69, 9.17) is 23.2 Å². The molecule has 2 rings (SSSR count). The number of nitrogens with zero attached hydrogens (tertiary/aromatic N) is 1. The van der Waals surface area contributed by atoms with E-state index in [1.165, 1.54) is 0 Å². The van der Waals surface area contributed by atoms with Gasteiger partial charge in [0.1, 0.15) is 0 Å². The quantitative estimate of drug-likeness (QED) is 0.869. The summed E-state index contributed by atoms with van der Waals surface area (Å²) in [5, 5.41) is 1.42. The second-order valence-corrected chi connectivity index (χ2v) is 4.00. The summed E-state index contributed by atoms with van der Waals surface area (Å²) in [6, 6.07) is 9.35. The van der Waals surface area contributed by atoms with Crippen molar-refractivity contribution in [3.8, 4) is 0 Å². The zero-order valence-electron chi connectivity index (χ0n) is 7.95. The average Bonchev–Trinajstić information content (AvgIpc) is 2.72. The molecule has 78 valence electrons. The van der Waals surface area contributed by atoms with Crippen LogP contribution in [-0.2, 0) is 6.54 Å². The van der Waals surface area contributed by atoms with Crippen molar-refractivity contribution in [2.75, 3.05) is 5.43 Å². The van der Waals surface area contributed by atoms with Crippen LogP contribution in [0.15, 0.2) is 42.7 Å². The Morgan fingerprint density at radius 1 is 1.13 bits per heavy atom. The molecule has 0 saturated carbocycles. The maximum Gasteiger partial charge on any atom is 0.0579 e. The van der Waals surface area contributed by atoms with E-state index in [-0.39, 0.29) is 0 Å². The Morgan fingerprint density at radius 2 is 1.87 bits per heavy atom. The third kappa shape index (κ3) is 2.67. The highest BCUT2D eigenvalue weighted by atomic mass is 35.5. The molecule has 0 bridgehead atoms. The van der Waals surface area contributed by atoms with E-state index >= 15 is 0 Å². The van der Waals surface area contributed by atoms with Crippen LogP contribution in [0.4, 0.5) is 0 Å². The molecule has 0 saturated heterocycles. The van der Waals surface area contributed by atoms with E-state index in [1.54, 1.807) is 12.1 Å². The lowest BCUT2D eigenvalue weighted by atomic mass is 10.2. The predicted octanol–water partition coefficient (Wildman–Crippen LogP) is 3.54. The molecule has 0 aliphatic rings. The first-order valence-electron chi connectivity index (χ1n) is 4.56. The van der Waals surface area contributed by atoms with Crippen molar-refractivity contribution in [2.45, 2.75) is 6.54 Å². The molecule has 0 radical (unpaired) electrons. The summed E-state index contributed by atoms with van der Waals surface area (Å²) in [7, 11) is 0. The summed E-state index contributed by atoms with van der Waals surface area (Å²) in [6.45, 7) is 0.647. The molecule has 0 unspecified atom stereocenters. The van der Waals surface area contributed by atoms with Gasteiger partial charge >= 0.3 is 0 Å². The van der Waals surface area contributed by atoms with Gasteiger partial charge in [0.05, 0.1) is 6.54 Å². The lowest BCUT2D eigenvalue weighted by molar-refractivity contribution is 0.847. The van der Waals surface area contributed by atoms with Gasteiger partial charge < -0.3 is 5.43 Å². The van der Waals surface area contributed by atoms with Gasteiger partial charge in [-0.15, -0.1) is 0 Å². The topological polar surface area (TPSA) is 17.0 Å². The van der Waals surface area contributed by atoms with Crippen LogP contribution < -0.4 is 5.43 Å². The minimum atomic E-state index is 0.647. The highest BCUT2D eigenvalue weighted by Gasteiger charge is 2.00. The van der Waals surface area contributed by atoms with E-state index in [1.807, 2.05) is 35.3 Å². The fraction of sp³-hybridized carbons (Fsp3) is 0.0909. The maximum atomic E-state index is 6.03. The van der Waals surface area contributed by atoms with Crippen LogP contribution in [0, 0.1) is 0 Å². The van der Waals surface area contributed by atoms with Crippen molar-refractivity contribution in [1.29, 1.82) is 0 Å². The number of halogens is 2. The van der Waals surface area contributed by atoms with Crippen LogP contribution in [0.3, 0.4) is 0 Å². The largest absolute Gasteiger partial charge is 0.322 e. The highest BCUT2D eigenvalue weighted by Crippen LogP contribution is 2.20. The van der Waals surface area contributed by atoms with Gasteiger partial charge in [-0.1, -0.05) is 23.2 Å². The van der Waals surface area contributed by atoms with Gasteiger partial charge in [0.2, 0.25) is 0 Å². The first-order valence-corrected chi connectivity index (χ1v) is 5.32. The van der Waals surface area contributed by atoms with Crippen molar-refractivity contribution in [3.63, 3.8) is 0 Å². The van der Waals surface area contributed by atoms with Gasteiger partial charge in [-0.3, -0.25) is 4.68 Å². The second kappa shape index (κ2) is 4.60. The van der Waals surface area contributed by atoms with Crippen molar-refractivity contribution in [3.05, 3.63) is 58.3 Å². The molecule has 4 heteroatoms. The van der Waals surface area contributed by atoms with Crippen LogP contribution in [0.1, 0.15) is 5.56 Å². The van der Waals surface area contributed by atoms with Crippen LogP contribution in [-0.4, -0.2) is 4.68 Å². The first-order chi connectivity index (χ1) is 7.25. The molecular formula is C11H10Cl2N2. The van der Waals surface area contributed by atoms with Crippen molar-refractivity contribution in [1.82, 2.24) is 4.68 Å². The zero-order chi connectivity index (χ0) is 10.7. The molecule has 1 heterocycles. The van der Waals surface area contributed by atoms with E-state index in [9.17, 15) is 0 Å². The van der Waals surface area contributed by atoms with Crippen LogP contribution in [0.25, 0.3) is 0 Å². The molecular weight excluding hydrogens is 231 g/mol. The summed E-state index contributed by atoms with van der Waals surface area (Å²) in [6.07, 6.45) is 3.86. The Balaban J connectivity index is 2.07. The average molecular weight is 241 g/mol. The summed E-state index contributed by atoms with van der Waals surface area (Å²) in [5.41, 5.74) is 4.17. The minimum absolute atomic E-state index is 0.647. The third-order valence-corrected chi connectivity index (χ3v) is 2.67. The molecule has 0 aliphatic carbocycles. The smallest absolute Gasteiger partial charge is 0.0579 e. The van der Waals surface area contributed by atoms with E-state index in [2.05, 4.69) is 5.43 Å². The molecule has 2 aromatic rings.